The van der Waals surface area contributed by atoms with Crippen LogP contribution in [-0.4, -0.2) is 41.6 Å². The molecule has 2 aromatic carbocycles. The molecular formula is C22H23N3O5. The largest absolute Gasteiger partial charge is 0.454 e. The highest BCUT2D eigenvalue weighted by molar-refractivity contribution is 6.09. The number of hydrogen-bond acceptors (Lipinski definition) is 5. The maximum atomic E-state index is 13.0. The fourth-order valence-corrected chi connectivity index (χ4v) is 3.73. The van der Waals surface area contributed by atoms with Crippen LogP contribution in [0.5, 0.6) is 11.5 Å². The monoisotopic (exact) mass is 409 g/mol. The molecule has 156 valence electrons. The van der Waals surface area contributed by atoms with E-state index in [4.69, 9.17) is 9.47 Å². The standard InChI is InChI=1S/C22H23N3O5/c1-14(16-6-4-3-5-7-16)23-19(26)12-25-20(27)22(2,24-21(25)28)11-15-8-9-17-18(10-15)30-13-29-17/h3-10,14H,11-13H2,1-2H3,(H,23,26)(H,24,28)/t14-,22+/m1/s1. The molecule has 0 radical (unpaired) electrons. The van der Waals surface area contributed by atoms with Crippen molar-refractivity contribution in [2.24, 2.45) is 0 Å². The molecule has 4 amide bonds. The van der Waals surface area contributed by atoms with Crippen molar-refractivity contribution in [3.63, 3.8) is 0 Å². The van der Waals surface area contributed by atoms with Crippen molar-refractivity contribution in [2.75, 3.05) is 13.3 Å². The average molecular weight is 409 g/mol. The van der Waals surface area contributed by atoms with Crippen LogP contribution in [0, 0.1) is 0 Å². The first kappa shape index (κ1) is 19.8. The van der Waals surface area contributed by atoms with Crippen molar-refractivity contribution >= 4 is 17.8 Å². The number of carbonyl (C=O) groups excluding carboxylic acids is 3. The molecule has 8 heteroatoms. The minimum absolute atomic E-state index is 0.163. The molecule has 2 aromatic rings. The van der Waals surface area contributed by atoms with Gasteiger partial charge in [-0.05, 0) is 37.1 Å². The zero-order valence-electron chi connectivity index (χ0n) is 16.8. The molecule has 0 bridgehead atoms. The van der Waals surface area contributed by atoms with Crippen molar-refractivity contribution in [1.29, 1.82) is 0 Å². The number of amides is 4. The predicted molar refractivity (Wildman–Crippen MR) is 108 cm³/mol. The van der Waals surface area contributed by atoms with E-state index in [2.05, 4.69) is 10.6 Å². The summed E-state index contributed by atoms with van der Waals surface area (Å²) in [6.07, 6.45) is 0.271. The van der Waals surface area contributed by atoms with E-state index in [1.807, 2.05) is 43.3 Å². The number of imide groups is 1. The minimum atomic E-state index is -1.14. The molecule has 2 atom stereocenters. The summed E-state index contributed by atoms with van der Waals surface area (Å²) in [5.74, 6) is 0.422. The SMILES string of the molecule is C[C@@H](NC(=O)CN1C(=O)N[C@@](C)(Cc2ccc3c(c2)OCO3)C1=O)c1ccccc1. The van der Waals surface area contributed by atoms with Crippen molar-refractivity contribution in [1.82, 2.24) is 15.5 Å². The van der Waals surface area contributed by atoms with Gasteiger partial charge in [0.25, 0.3) is 5.91 Å². The Labute approximate surface area is 174 Å². The Morgan fingerprint density at radius 1 is 1.17 bits per heavy atom. The molecule has 1 saturated heterocycles. The summed E-state index contributed by atoms with van der Waals surface area (Å²) in [5, 5.41) is 5.55. The van der Waals surface area contributed by atoms with E-state index < -0.39 is 23.4 Å². The van der Waals surface area contributed by atoms with E-state index >= 15 is 0 Å². The van der Waals surface area contributed by atoms with Gasteiger partial charge in [0.2, 0.25) is 12.7 Å². The van der Waals surface area contributed by atoms with Crippen LogP contribution >= 0.6 is 0 Å². The Morgan fingerprint density at radius 3 is 2.67 bits per heavy atom. The smallest absolute Gasteiger partial charge is 0.325 e. The fraction of sp³-hybridized carbons (Fsp3) is 0.318. The molecule has 0 aliphatic carbocycles. The van der Waals surface area contributed by atoms with Crippen LogP contribution in [0.3, 0.4) is 0 Å². The number of fused-ring (bicyclic) bond motifs is 1. The Bertz CT molecular complexity index is 994. The van der Waals surface area contributed by atoms with E-state index in [0.717, 1.165) is 16.0 Å². The number of nitrogens with one attached hydrogen (secondary N) is 2. The van der Waals surface area contributed by atoms with Crippen LogP contribution in [0.2, 0.25) is 0 Å². The maximum Gasteiger partial charge on any atom is 0.325 e. The quantitative estimate of drug-likeness (QED) is 0.713. The van der Waals surface area contributed by atoms with Gasteiger partial charge in [-0.1, -0.05) is 36.4 Å². The summed E-state index contributed by atoms with van der Waals surface area (Å²) >= 11 is 0. The van der Waals surface area contributed by atoms with Crippen LogP contribution < -0.4 is 20.1 Å². The van der Waals surface area contributed by atoms with Gasteiger partial charge in [0.15, 0.2) is 11.5 Å². The Morgan fingerprint density at radius 2 is 1.90 bits per heavy atom. The van der Waals surface area contributed by atoms with Crippen LogP contribution in [0.1, 0.15) is 31.0 Å². The third kappa shape index (κ3) is 3.80. The zero-order chi connectivity index (χ0) is 21.3. The van der Waals surface area contributed by atoms with Crippen LogP contribution in [-0.2, 0) is 16.0 Å². The highest BCUT2D eigenvalue weighted by Crippen LogP contribution is 2.34. The lowest BCUT2D eigenvalue weighted by atomic mass is 9.92. The highest BCUT2D eigenvalue weighted by Gasteiger charge is 2.48. The fourth-order valence-electron chi connectivity index (χ4n) is 3.73. The topological polar surface area (TPSA) is 97.0 Å². The zero-order valence-corrected chi connectivity index (χ0v) is 16.8. The summed E-state index contributed by atoms with van der Waals surface area (Å²) in [6.45, 7) is 3.33. The van der Waals surface area contributed by atoms with Gasteiger partial charge < -0.3 is 20.1 Å². The molecule has 30 heavy (non-hydrogen) atoms. The van der Waals surface area contributed by atoms with E-state index in [-0.39, 0.29) is 25.8 Å². The number of hydrogen-bond donors (Lipinski definition) is 2. The predicted octanol–water partition coefficient (Wildman–Crippen LogP) is 2.15. The van der Waals surface area contributed by atoms with E-state index in [0.29, 0.717) is 11.5 Å². The Hall–Kier alpha value is -3.55. The summed E-state index contributed by atoms with van der Waals surface area (Å²) in [5.41, 5.74) is 0.617. The van der Waals surface area contributed by atoms with Crippen molar-refractivity contribution < 1.29 is 23.9 Å². The maximum absolute atomic E-state index is 13.0. The number of ether oxygens (including phenoxy) is 2. The van der Waals surface area contributed by atoms with Crippen LogP contribution in [0.25, 0.3) is 0 Å². The van der Waals surface area contributed by atoms with Gasteiger partial charge in [0, 0.05) is 6.42 Å². The molecule has 2 aliphatic rings. The first-order valence-electron chi connectivity index (χ1n) is 9.73. The Balaban J connectivity index is 1.41. The molecule has 1 fully saturated rings. The second-order valence-corrected chi connectivity index (χ2v) is 7.72. The summed E-state index contributed by atoms with van der Waals surface area (Å²) < 4.78 is 10.7. The third-order valence-electron chi connectivity index (χ3n) is 5.32. The molecule has 0 spiro atoms. The van der Waals surface area contributed by atoms with Crippen LogP contribution in [0.4, 0.5) is 4.79 Å². The molecule has 4 rings (SSSR count). The number of carbonyl (C=O) groups is 3. The molecule has 2 N–H and O–H groups in total. The van der Waals surface area contributed by atoms with Crippen molar-refractivity contribution in [3.8, 4) is 11.5 Å². The lowest BCUT2D eigenvalue weighted by molar-refractivity contribution is -0.134. The Kier molecular flexibility index (Phi) is 5.07. The molecule has 0 unspecified atom stereocenters. The average Bonchev–Trinajstić information content (AvgIpc) is 3.26. The summed E-state index contributed by atoms with van der Waals surface area (Å²) in [4.78, 5) is 38.8. The molecule has 0 saturated carbocycles. The highest BCUT2D eigenvalue weighted by atomic mass is 16.7. The van der Waals surface area contributed by atoms with Crippen molar-refractivity contribution in [3.05, 3.63) is 59.7 Å². The lowest BCUT2D eigenvalue weighted by Gasteiger charge is -2.22. The second-order valence-electron chi connectivity index (χ2n) is 7.72. The van der Waals surface area contributed by atoms with Crippen LogP contribution in [0.15, 0.2) is 48.5 Å². The van der Waals surface area contributed by atoms with E-state index in [1.165, 1.54) is 0 Å². The van der Waals surface area contributed by atoms with Gasteiger partial charge in [0.05, 0.1) is 6.04 Å². The molecule has 2 aliphatic heterocycles. The molecule has 8 nitrogen and oxygen atoms in total. The van der Waals surface area contributed by atoms with Gasteiger partial charge in [-0.25, -0.2) is 4.79 Å². The van der Waals surface area contributed by atoms with Gasteiger partial charge >= 0.3 is 6.03 Å². The molecule has 0 aromatic heterocycles. The van der Waals surface area contributed by atoms with Crippen molar-refractivity contribution in [2.45, 2.75) is 31.8 Å². The summed E-state index contributed by atoms with van der Waals surface area (Å²) in [6, 6.07) is 14.1. The number of benzene rings is 2. The number of nitrogens with zero attached hydrogens (tertiary/aromatic N) is 1. The van der Waals surface area contributed by atoms with E-state index in [9.17, 15) is 14.4 Å². The van der Waals surface area contributed by atoms with E-state index in [1.54, 1.807) is 19.1 Å². The first-order chi connectivity index (χ1) is 14.4. The number of urea groups is 1. The third-order valence-corrected chi connectivity index (χ3v) is 5.32. The van der Waals surface area contributed by atoms with Gasteiger partial charge in [-0.2, -0.15) is 0 Å². The van der Waals surface area contributed by atoms with Gasteiger partial charge in [0.1, 0.15) is 12.1 Å². The first-order valence-corrected chi connectivity index (χ1v) is 9.73. The number of rotatable bonds is 6. The minimum Gasteiger partial charge on any atom is -0.454 e. The van der Waals surface area contributed by atoms with Gasteiger partial charge in [-0.3, -0.25) is 14.5 Å². The molecular weight excluding hydrogens is 386 g/mol. The second kappa shape index (κ2) is 7.70. The lowest BCUT2D eigenvalue weighted by Crippen LogP contribution is -2.47. The van der Waals surface area contributed by atoms with Gasteiger partial charge in [-0.15, -0.1) is 0 Å². The normalized spacial score (nSPS) is 20.8. The summed E-state index contributed by atoms with van der Waals surface area (Å²) in [7, 11) is 0. The molecule has 2 heterocycles.